The zero-order chi connectivity index (χ0) is 16.4. The Balaban J connectivity index is 2.05. The number of benzene rings is 2. The van der Waals surface area contributed by atoms with Crippen LogP contribution in [0.2, 0.25) is 0 Å². The van der Waals surface area contributed by atoms with E-state index in [1.54, 1.807) is 12.1 Å². The zero-order valence-electron chi connectivity index (χ0n) is 13.7. The van der Waals surface area contributed by atoms with Crippen molar-refractivity contribution in [2.24, 2.45) is 0 Å². The second-order valence-corrected chi connectivity index (χ2v) is 6.56. The number of nitrogens with one attached hydrogen (secondary N) is 1. The van der Waals surface area contributed by atoms with E-state index in [4.69, 9.17) is 0 Å². The fourth-order valence-electron chi connectivity index (χ4n) is 3.84. The van der Waals surface area contributed by atoms with Gasteiger partial charge in [0, 0.05) is 6.54 Å². The smallest absolute Gasteiger partial charge is 0.123 e. The Labute approximate surface area is 137 Å². The van der Waals surface area contributed by atoms with Gasteiger partial charge in [0.1, 0.15) is 5.82 Å². The summed E-state index contributed by atoms with van der Waals surface area (Å²) in [5, 5.41) is 13.3. The van der Waals surface area contributed by atoms with Crippen LogP contribution in [0.25, 0.3) is 0 Å². The van der Waals surface area contributed by atoms with Crippen LogP contribution in [0.4, 0.5) is 4.39 Å². The van der Waals surface area contributed by atoms with Crippen molar-refractivity contribution >= 4 is 0 Å². The summed E-state index contributed by atoms with van der Waals surface area (Å²) in [7, 11) is 1.85. The summed E-state index contributed by atoms with van der Waals surface area (Å²) in [4.78, 5) is 0. The summed E-state index contributed by atoms with van der Waals surface area (Å²) < 4.78 is 13.8. The van der Waals surface area contributed by atoms with E-state index in [1.165, 1.54) is 16.7 Å². The van der Waals surface area contributed by atoms with Gasteiger partial charge in [-0.05, 0) is 66.1 Å². The van der Waals surface area contributed by atoms with Gasteiger partial charge in [0.05, 0.1) is 6.10 Å². The van der Waals surface area contributed by atoms with Gasteiger partial charge in [0.25, 0.3) is 0 Å². The van der Waals surface area contributed by atoms with Crippen LogP contribution in [0.1, 0.15) is 47.4 Å². The average molecular weight is 313 g/mol. The third-order valence-corrected chi connectivity index (χ3v) is 5.00. The lowest BCUT2D eigenvalue weighted by Crippen LogP contribution is -2.26. The Morgan fingerprint density at radius 3 is 2.70 bits per heavy atom. The quantitative estimate of drug-likeness (QED) is 0.904. The molecule has 2 aromatic rings. The maximum atomic E-state index is 13.8. The highest BCUT2D eigenvalue weighted by molar-refractivity contribution is 5.45. The van der Waals surface area contributed by atoms with Crippen LogP contribution >= 0.6 is 0 Å². The molecule has 2 nitrogen and oxygen atoms in total. The average Bonchev–Trinajstić information content (AvgIpc) is 2.64. The van der Waals surface area contributed by atoms with E-state index in [-0.39, 0.29) is 17.7 Å². The lowest BCUT2D eigenvalue weighted by molar-refractivity contribution is 0.151. The number of aliphatic hydroxyl groups excluding tert-OH is 1. The molecule has 0 aromatic heterocycles. The minimum atomic E-state index is -0.407. The molecule has 0 bridgehead atoms. The molecule has 2 aromatic carbocycles. The highest BCUT2D eigenvalue weighted by Gasteiger charge is 2.30. The number of halogens is 1. The Kier molecular flexibility index (Phi) is 4.79. The molecule has 3 heteroatoms. The van der Waals surface area contributed by atoms with Gasteiger partial charge in [-0.3, -0.25) is 0 Å². The molecule has 0 amide bonds. The predicted molar refractivity (Wildman–Crippen MR) is 91.4 cm³/mol. The Morgan fingerprint density at radius 2 is 1.91 bits per heavy atom. The summed E-state index contributed by atoms with van der Waals surface area (Å²) >= 11 is 0. The fourth-order valence-corrected chi connectivity index (χ4v) is 3.84. The van der Waals surface area contributed by atoms with Crippen molar-refractivity contribution in [1.82, 2.24) is 5.32 Å². The van der Waals surface area contributed by atoms with Gasteiger partial charge in [-0.25, -0.2) is 4.39 Å². The summed E-state index contributed by atoms with van der Waals surface area (Å²) in [6, 6.07) is 13.5. The van der Waals surface area contributed by atoms with Crippen molar-refractivity contribution in [2.75, 3.05) is 13.6 Å². The summed E-state index contributed by atoms with van der Waals surface area (Å²) in [6.45, 7) is 2.72. The monoisotopic (exact) mass is 313 g/mol. The zero-order valence-corrected chi connectivity index (χ0v) is 13.7. The molecule has 2 N–H and O–H groups in total. The van der Waals surface area contributed by atoms with Crippen LogP contribution in [-0.4, -0.2) is 24.8 Å². The number of aliphatic hydroxyl groups is 1. The molecule has 0 heterocycles. The second-order valence-electron chi connectivity index (χ2n) is 6.56. The van der Waals surface area contributed by atoms with E-state index in [0.29, 0.717) is 13.0 Å². The molecule has 0 spiro atoms. The molecule has 0 saturated carbocycles. The number of likely N-dealkylation sites (N-methyl/N-ethyl adjacent to an activating group) is 1. The van der Waals surface area contributed by atoms with E-state index in [9.17, 15) is 9.50 Å². The van der Waals surface area contributed by atoms with Crippen molar-refractivity contribution in [3.05, 3.63) is 70.5 Å². The largest absolute Gasteiger partial charge is 0.392 e. The molecule has 0 saturated heterocycles. The molecule has 0 aliphatic heterocycles. The Bertz CT molecular complexity index is 685. The van der Waals surface area contributed by atoms with Crippen LogP contribution in [0, 0.1) is 5.82 Å². The predicted octanol–water partition coefficient (Wildman–Crippen LogP) is 3.59. The van der Waals surface area contributed by atoms with Crippen LogP contribution < -0.4 is 5.32 Å². The third kappa shape index (κ3) is 3.31. The van der Waals surface area contributed by atoms with Gasteiger partial charge in [-0.1, -0.05) is 37.3 Å². The highest BCUT2D eigenvalue weighted by atomic mass is 19.1. The van der Waals surface area contributed by atoms with E-state index < -0.39 is 6.10 Å². The number of fused-ring (bicyclic) bond motifs is 2. The molecule has 3 atom stereocenters. The summed E-state index contributed by atoms with van der Waals surface area (Å²) in [5.41, 5.74) is 4.83. The molecule has 0 fully saturated rings. The van der Waals surface area contributed by atoms with Crippen molar-refractivity contribution < 1.29 is 9.50 Å². The van der Waals surface area contributed by atoms with Gasteiger partial charge >= 0.3 is 0 Å². The van der Waals surface area contributed by atoms with Gasteiger partial charge in [0.15, 0.2) is 0 Å². The molecule has 0 unspecified atom stereocenters. The lowest BCUT2D eigenvalue weighted by atomic mass is 9.79. The van der Waals surface area contributed by atoms with Crippen LogP contribution in [0.5, 0.6) is 0 Å². The van der Waals surface area contributed by atoms with Gasteiger partial charge in [0.2, 0.25) is 0 Å². The molecule has 122 valence electrons. The van der Waals surface area contributed by atoms with Crippen molar-refractivity contribution in [2.45, 2.75) is 37.7 Å². The molecular formula is C20H24FNO. The first-order valence-corrected chi connectivity index (χ1v) is 8.29. The first-order valence-electron chi connectivity index (χ1n) is 8.29. The van der Waals surface area contributed by atoms with Gasteiger partial charge in [-0.15, -0.1) is 0 Å². The van der Waals surface area contributed by atoms with Crippen LogP contribution in [0.3, 0.4) is 0 Å². The standard InChI is InChI=1S/C20H24FNO/c1-13-19-10-16(21)8-7-15(19)9-14-5-3-4-6-18(14)20(13)11-17(23)12-22-2/h3-8,10,13,17,20,22-23H,9,11-12H2,1-2H3/t13-,17+,20+/m1/s1. The molecule has 1 aliphatic rings. The van der Waals surface area contributed by atoms with E-state index >= 15 is 0 Å². The maximum absolute atomic E-state index is 13.8. The fraction of sp³-hybridized carbons (Fsp3) is 0.400. The number of hydrogen-bond acceptors (Lipinski definition) is 2. The van der Waals surface area contributed by atoms with Crippen molar-refractivity contribution in [3.63, 3.8) is 0 Å². The molecule has 1 aliphatic carbocycles. The second kappa shape index (κ2) is 6.81. The first-order chi connectivity index (χ1) is 11.1. The SMILES string of the molecule is CNC[C@@H](O)C[C@@H]1c2ccccc2Cc2ccc(F)cc2[C@H]1C. The number of rotatable bonds is 4. The Hall–Kier alpha value is -1.71. The molecule has 3 rings (SSSR count). The van der Waals surface area contributed by atoms with E-state index in [0.717, 1.165) is 12.0 Å². The molecule has 23 heavy (non-hydrogen) atoms. The van der Waals surface area contributed by atoms with Gasteiger partial charge < -0.3 is 10.4 Å². The normalized spacial score (nSPS) is 21.2. The van der Waals surface area contributed by atoms with Gasteiger partial charge in [-0.2, -0.15) is 0 Å². The van der Waals surface area contributed by atoms with Crippen LogP contribution in [0.15, 0.2) is 42.5 Å². The molecule has 0 radical (unpaired) electrons. The Morgan fingerprint density at radius 1 is 1.17 bits per heavy atom. The topological polar surface area (TPSA) is 32.3 Å². The first kappa shape index (κ1) is 16.2. The summed E-state index contributed by atoms with van der Waals surface area (Å²) in [5.74, 6) is 0.185. The summed E-state index contributed by atoms with van der Waals surface area (Å²) in [6.07, 6.45) is 1.10. The molecular weight excluding hydrogens is 289 g/mol. The minimum Gasteiger partial charge on any atom is -0.392 e. The lowest BCUT2D eigenvalue weighted by Gasteiger charge is -2.27. The van der Waals surface area contributed by atoms with Crippen molar-refractivity contribution in [1.29, 1.82) is 0 Å². The number of hydrogen-bond donors (Lipinski definition) is 2. The van der Waals surface area contributed by atoms with Crippen LogP contribution in [-0.2, 0) is 6.42 Å². The highest BCUT2D eigenvalue weighted by Crippen LogP contribution is 2.42. The van der Waals surface area contributed by atoms with Crippen molar-refractivity contribution in [3.8, 4) is 0 Å². The third-order valence-electron chi connectivity index (χ3n) is 5.00. The maximum Gasteiger partial charge on any atom is 0.123 e. The van der Waals surface area contributed by atoms with E-state index in [1.807, 2.05) is 13.1 Å². The van der Waals surface area contributed by atoms with E-state index in [2.05, 4.69) is 36.5 Å². The minimum absolute atomic E-state index is 0.177.